The van der Waals surface area contributed by atoms with Crippen molar-refractivity contribution in [2.24, 2.45) is 0 Å². The van der Waals surface area contributed by atoms with Gasteiger partial charge in [-0.1, -0.05) is 6.42 Å². The molecule has 2 aliphatic rings. The van der Waals surface area contributed by atoms with Gasteiger partial charge in [-0.05, 0) is 12.8 Å². The van der Waals surface area contributed by atoms with Gasteiger partial charge in [0.05, 0.1) is 6.42 Å². The van der Waals surface area contributed by atoms with Crippen molar-refractivity contribution in [2.45, 2.75) is 38.6 Å². The molecule has 0 saturated carbocycles. The molecule has 21 heavy (non-hydrogen) atoms. The third-order valence-corrected chi connectivity index (χ3v) is 3.68. The molecular formula is C13H15N5O3. The predicted octanol–water partition coefficient (Wildman–Crippen LogP) is -0.176. The second-order valence-electron chi connectivity index (χ2n) is 5.15. The number of nitrogens with zero attached hydrogens (tertiary/aromatic N) is 3. The molecule has 0 spiro atoms. The molecule has 1 aromatic heterocycles. The van der Waals surface area contributed by atoms with Gasteiger partial charge >= 0.3 is 0 Å². The second-order valence-corrected chi connectivity index (χ2v) is 5.15. The smallest absolute Gasteiger partial charge is 0.285 e. The van der Waals surface area contributed by atoms with E-state index in [1.165, 1.54) is 10.8 Å². The van der Waals surface area contributed by atoms with Crippen LogP contribution in [-0.4, -0.2) is 32.2 Å². The van der Waals surface area contributed by atoms with E-state index in [-0.39, 0.29) is 17.8 Å². The molecule has 8 heteroatoms. The van der Waals surface area contributed by atoms with Gasteiger partial charge in [-0.25, -0.2) is 9.99 Å². The van der Waals surface area contributed by atoms with Gasteiger partial charge in [0.2, 0.25) is 5.91 Å². The Kier molecular flexibility index (Phi) is 3.28. The zero-order valence-corrected chi connectivity index (χ0v) is 11.4. The summed E-state index contributed by atoms with van der Waals surface area (Å²) in [6.45, 7) is 0.548. The van der Waals surface area contributed by atoms with Crippen LogP contribution in [0.1, 0.15) is 41.9 Å². The highest BCUT2D eigenvalue weighted by molar-refractivity contribution is 6.14. The quantitative estimate of drug-likeness (QED) is 0.747. The Labute approximate surface area is 120 Å². The Morgan fingerprint density at radius 1 is 1.29 bits per heavy atom. The fraction of sp³-hybridized carbons (Fsp3) is 0.462. The minimum Gasteiger partial charge on any atom is -0.296 e. The van der Waals surface area contributed by atoms with Gasteiger partial charge in [0.25, 0.3) is 11.5 Å². The first-order valence-electron chi connectivity index (χ1n) is 6.88. The zero-order chi connectivity index (χ0) is 15.0. The third-order valence-electron chi connectivity index (χ3n) is 3.68. The van der Waals surface area contributed by atoms with E-state index in [0.29, 0.717) is 12.4 Å². The molecule has 0 unspecified atom stereocenters. The maximum atomic E-state index is 12.4. The first-order valence-corrected chi connectivity index (χ1v) is 6.88. The van der Waals surface area contributed by atoms with E-state index in [4.69, 9.17) is 5.41 Å². The number of aryl methyl sites for hydroxylation is 1. The SMILES string of the molecule is N=C1CC(=O)NN1C(=O)c1cnc2n(c1=O)CCCCC2. The van der Waals surface area contributed by atoms with Gasteiger partial charge in [0.15, 0.2) is 0 Å². The summed E-state index contributed by atoms with van der Waals surface area (Å²) in [7, 11) is 0. The highest BCUT2D eigenvalue weighted by Gasteiger charge is 2.32. The molecule has 1 saturated heterocycles. The van der Waals surface area contributed by atoms with E-state index in [1.807, 2.05) is 0 Å². The van der Waals surface area contributed by atoms with Crippen molar-refractivity contribution >= 4 is 17.6 Å². The van der Waals surface area contributed by atoms with Crippen LogP contribution in [0.15, 0.2) is 11.0 Å². The fourth-order valence-corrected chi connectivity index (χ4v) is 2.59. The van der Waals surface area contributed by atoms with Gasteiger partial charge in [0, 0.05) is 19.2 Å². The Morgan fingerprint density at radius 2 is 2.10 bits per heavy atom. The lowest BCUT2D eigenvalue weighted by Crippen LogP contribution is -2.44. The number of hydrogen-bond donors (Lipinski definition) is 2. The van der Waals surface area contributed by atoms with E-state index in [0.717, 1.165) is 30.7 Å². The van der Waals surface area contributed by atoms with E-state index in [1.54, 1.807) is 0 Å². The van der Waals surface area contributed by atoms with E-state index in [2.05, 4.69) is 10.4 Å². The van der Waals surface area contributed by atoms with Gasteiger partial charge in [-0.2, -0.15) is 0 Å². The molecule has 1 aromatic rings. The molecule has 0 aliphatic carbocycles. The minimum absolute atomic E-state index is 0.118. The molecule has 2 amide bonds. The molecule has 0 bridgehead atoms. The maximum absolute atomic E-state index is 12.4. The number of amides is 2. The first-order chi connectivity index (χ1) is 10.1. The Morgan fingerprint density at radius 3 is 2.81 bits per heavy atom. The zero-order valence-electron chi connectivity index (χ0n) is 11.4. The second kappa shape index (κ2) is 5.12. The average molecular weight is 289 g/mol. The van der Waals surface area contributed by atoms with Crippen LogP contribution in [0, 0.1) is 5.41 Å². The van der Waals surface area contributed by atoms with E-state index >= 15 is 0 Å². The topological polar surface area (TPSA) is 108 Å². The van der Waals surface area contributed by atoms with Crippen LogP contribution in [0.5, 0.6) is 0 Å². The average Bonchev–Trinajstić information content (AvgIpc) is 2.66. The van der Waals surface area contributed by atoms with Crippen molar-refractivity contribution in [3.05, 3.63) is 27.9 Å². The van der Waals surface area contributed by atoms with Crippen LogP contribution in [0.2, 0.25) is 0 Å². The summed E-state index contributed by atoms with van der Waals surface area (Å²) in [5.74, 6) is -0.613. The van der Waals surface area contributed by atoms with Crippen molar-refractivity contribution in [3.63, 3.8) is 0 Å². The van der Waals surface area contributed by atoms with E-state index in [9.17, 15) is 14.4 Å². The van der Waals surface area contributed by atoms with Crippen molar-refractivity contribution in [2.75, 3.05) is 0 Å². The summed E-state index contributed by atoms with van der Waals surface area (Å²) >= 11 is 0. The van der Waals surface area contributed by atoms with Gasteiger partial charge in [-0.15, -0.1) is 0 Å². The van der Waals surface area contributed by atoms with Crippen molar-refractivity contribution in [3.8, 4) is 0 Å². The summed E-state index contributed by atoms with van der Waals surface area (Å²) in [5, 5.41) is 8.41. The molecule has 3 heterocycles. The monoisotopic (exact) mass is 289 g/mol. The van der Waals surface area contributed by atoms with Gasteiger partial charge in [0.1, 0.15) is 17.2 Å². The number of rotatable bonds is 1. The van der Waals surface area contributed by atoms with Crippen LogP contribution in [0.25, 0.3) is 0 Å². The van der Waals surface area contributed by atoms with Gasteiger partial charge in [-0.3, -0.25) is 29.8 Å². The molecule has 1 fully saturated rings. The van der Waals surface area contributed by atoms with Crippen LogP contribution >= 0.6 is 0 Å². The molecule has 2 aliphatic heterocycles. The number of hydrazine groups is 1. The van der Waals surface area contributed by atoms with Gasteiger partial charge < -0.3 is 0 Å². The molecule has 8 nitrogen and oxygen atoms in total. The highest BCUT2D eigenvalue weighted by Crippen LogP contribution is 2.12. The summed E-state index contributed by atoms with van der Waals surface area (Å²) in [6, 6.07) is 0. The standard InChI is InChI=1S/C13H15N5O3/c14-9-6-11(19)16-18(9)13(21)8-7-15-10-4-2-1-3-5-17(10)12(8)20/h7,14H,1-6H2,(H,16,19). The first kappa shape index (κ1) is 13.5. The van der Waals surface area contributed by atoms with Crippen molar-refractivity contribution in [1.29, 1.82) is 5.41 Å². The summed E-state index contributed by atoms with van der Waals surface area (Å²) in [5.41, 5.74) is 1.75. The number of amidine groups is 1. The summed E-state index contributed by atoms with van der Waals surface area (Å²) < 4.78 is 1.53. The summed E-state index contributed by atoms with van der Waals surface area (Å²) in [6.07, 6.45) is 4.69. The highest BCUT2D eigenvalue weighted by atomic mass is 16.2. The van der Waals surface area contributed by atoms with Crippen LogP contribution in [-0.2, 0) is 17.8 Å². The molecule has 110 valence electrons. The lowest BCUT2D eigenvalue weighted by molar-refractivity contribution is -0.120. The number of nitrogens with one attached hydrogen (secondary N) is 2. The summed E-state index contributed by atoms with van der Waals surface area (Å²) in [4.78, 5) is 40.2. The number of hydrogen-bond acceptors (Lipinski definition) is 5. The maximum Gasteiger partial charge on any atom is 0.285 e. The van der Waals surface area contributed by atoms with Crippen LogP contribution < -0.4 is 11.0 Å². The molecular weight excluding hydrogens is 274 g/mol. The van der Waals surface area contributed by atoms with Crippen LogP contribution in [0.3, 0.4) is 0 Å². The lowest BCUT2D eigenvalue weighted by Gasteiger charge is -2.16. The molecule has 0 radical (unpaired) electrons. The predicted molar refractivity (Wildman–Crippen MR) is 72.7 cm³/mol. The van der Waals surface area contributed by atoms with Crippen LogP contribution in [0.4, 0.5) is 0 Å². The Balaban J connectivity index is 1.98. The molecule has 0 atom stereocenters. The number of carbonyl (C=O) groups is 2. The Bertz CT molecular complexity index is 694. The molecule has 3 rings (SSSR count). The Hall–Kier alpha value is -2.51. The molecule has 0 aromatic carbocycles. The normalized spacial score (nSPS) is 18.2. The van der Waals surface area contributed by atoms with E-state index < -0.39 is 17.4 Å². The number of carbonyl (C=O) groups excluding carboxylic acids is 2. The van der Waals surface area contributed by atoms with Crippen molar-refractivity contribution in [1.82, 2.24) is 20.0 Å². The lowest BCUT2D eigenvalue weighted by atomic mass is 10.2. The fourth-order valence-electron chi connectivity index (χ4n) is 2.59. The third kappa shape index (κ3) is 2.32. The number of fused-ring (bicyclic) bond motifs is 1. The molecule has 2 N–H and O–H groups in total. The minimum atomic E-state index is -0.706. The van der Waals surface area contributed by atoms with Crippen molar-refractivity contribution < 1.29 is 9.59 Å². The number of aromatic nitrogens is 2. The largest absolute Gasteiger partial charge is 0.296 e.